The predicted octanol–water partition coefficient (Wildman–Crippen LogP) is 4.44. The molecule has 0 aliphatic carbocycles. The Labute approximate surface area is 137 Å². The molecule has 1 aromatic carbocycles. The fourth-order valence-corrected chi connectivity index (χ4v) is 3.39. The summed E-state index contributed by atoms with van der Waals surface area (Å²) < 4.78 is 6.27. The highest BCUT2D eigenvalue weighted by Crippen LogP contribution is 2.53. The summed E-state index contributed by atoms with van der Waals surface area (Å²) in [5.41, 5.74) is 4.68. The van der Waals surface area contributed by atoms with Crippen LogP contribution < -0.4 is 4.74 Å². The number of benzene rings is 1. The first-order valence-electron chi connectivity index (χ1n) is 7.26. The highest BCUT2D eigenvalue weighted by Gasteiger charge is 2.45. The number of rotatable bonds is 1. The minimum Gasteiger partial charge on any atom is -0.507 e. The molecule has 1 aromatic heterocycles. The van der Waals surface area contributed by atoms with Crippen LogP contribution in [0.2, 0.25) is 0 Å². The number of aromatic hydroxyl groups is 1. The molecule has 2 aromatic rings. The molecule has 2 heterocycles. The Morgan fingerprint density at radius 1 is 1.14 bits per heavy atom. The standard InChI is InChI=1S/C18H21NO2.ClH/c1-10-11(2)17-14(12(3)16(10)20)15(18(4,5)21-17)13-7-6-8-19-9-13;/h6-9,15,20H,1-5H3;1H. The summed E-state index contributed by atoms with van der Waals surface area (Å²) in [6.45, 7) is 10.1. The Morgan fingerprint density at radius 3 is 2.41 bits per heavy atom. The van der Waals surface area contributed by atoms with Gasteiger partial charge in [0.2, 0.25) is 0 Å². The normalized spacial score (nSPS) is 18.3. The Balaban J connectivity index is 0.00000176. The number of hydrogen-bond acceptors (Lipinski definition) is 3. The van der Waals surface area contributed by atoms with E-state index in [9.17, 15) is 5.11 Å². The van der Waals surface area contributed by atoms with Gasteiger partial charge in [-0.25, -0.2) is 0 Å². The third-order valence-electron chi connectivity index (χ3n) is 4.63. The molecule has 0 radical (unpaired) electrons. The fourth-order valence-electron chi connectivity index (χ4n) is 3.39. The second-order valence-electron chi connectivity index (χ2n) is 6.39. The lowest BCUT2D eigenvalue weighted by molar-refractivity contribution is 0.121. The van der Waals surface area contributed by atoms with Crippen LogP contribution in [0.3, 0.4) is 0 Å². The lowest BCUT2D eigenvalue weighted by Crippen LogP contribution is -2.31. The van der Waals surface area contributed by atoms with Gasteiger partial charge in [-0.1, -0.05) is 6.07 Å². The lowest BCUT2D eigenvalue weighted by atomic mass is 9.79. The van der Waals surface area contributed by atoms with E-state index in [4.69, 9.17) is 4.74 Å². The topological polar surface area (TPSA) is 42.4 Å². The van der Waals surface area contributed by atoms with Crippen molar-refractivity contribution in [3.63, 3.8) is 0 Å². The molecule has 1 N–H and O–H groups in total. The van der Waals surface area contributed by atoms with Crippen molar-refractivity contribution in [3.8, 4) is 11.5 Å². The zero-order valence-electron chi connectivity index (χ0n) is 13.6. The Kier molecular flexibility index (Phi) is 4.14. The second-order valence-corrected chi connectivity index (χ2v) is 6.39. The van der Waals surface area contributed by atoms with Crippen LogP contribution in [0.1, 0.15) is 47.6 Å². The monoisotopic (exact) mass is 319 g/mol. The maximum atomic E-state index is 10.4. The van der Waals surface area contributed by atoms with Gasteiger partial charge in [0.1, 0.15) is 17.1 Å². The molecule has 22 heavy (non-hydrogen) atoms. The van der Waals surface area contributed by atoms with Crippen LogP contribution in [0.25, 0.3) is 0 Å². The first-order valence-corrected chi connectivity index (χ1v) is 7.26. The third kappa shape index (κ3) is 2.24. The molecule has 1 aliphatic heterocycles. The number of halogens is 1. The highest BCUT2D eigenvalue weighted by atomic mass is 35.5. The van der Waals surface area contributed by atoms with E-state index < -0.39 is 0 Å². The van der Waals surface area contributed by atoms with Crippen LogP contribution in [0.15, 0.2) is 24.5 Å². The average molecular weight is 320 g/mol. The minimum atomic E-state index is -0.360. The molecule has 0 saturated heterocycles. The molecular weight excluding hydrogens is 298 g/mol. The number of ether oxygens (including phenoxy) is 1. The van der Waals surface area contributed by atoms with Gasteiger partial charge in [0, 0.05) is 18.0 Å². The molecule has 1 aliphatic rings. The summed E-state index contributed by atoms with van der Waals surface area (Å²) in [5, 5.41) is 10.4. The zero-order chi connectivity index (χ0) is 15.4. The van der Waals surface area contributed by atoms with Gasteiger partial charge in [-0.05, 0) is 62.9 Å². The molecule has 3 nitrogen and oxygen atoms in total. The second kappa shape index (κ2) is 5.47. The Hall–Kier alpha value is -1.74. The van der Waals surface area contributed by atoms with Crippen molar-refractivity contribution in [3.05, 3.63) is 52.3 Å². The Morgan fingerprint density at radius 2 is 1.82 bits per heavy atom. The van der Waals surface area contributed by atoms with Gasteiger partial charge in [0.25, 0.3) is 0 Å². The molecule has 0 saturated carbocycles. The minimum absolute atomic E-state index is 0. The van der Waals surface area contributed by atoms with Crippen LogP contribution in [0.5, 0.6) is 11.5 Å². The van der Waals surface area contributed by atoms with E-state index in [1.54, 1.807) is 6.20 Å². The summed E-state index contributed by atoms with van der Waals surface area (Å²) in [7, 11) is 0. The van der Waals surface area contributed by atoms with Crippen molar-refractivity contribution in [2.24, 2.45) is 0 Å². The quantitative estimate of drug-likeness (QED) is 0.845. The van der Waals surface area contributed by atoms with E-state index in [0.29, 0.717) is 5.75 Å². The molecule has 3 rings (SSSR count). The molecule has 0 bridgehead atoms. The van der Waals surface area contributed by atoms with E-state index in [-0.39, 0.29) is 23.9 Å². The average Bonchev–Trinajstić information content (AvgIpc) is 2.75. The summed E-state index contributed by atoms with van der Waals surface area (Å²) in [6.07, 6.45) is 3.66. The van der Waals surface area contributed by atoms with Crippen molar-refractivity contribution < 1.29 is 9.84 Å². The van der Waals surface area contributed by atoms with Gasteiger partial charge in [-0.2, -0.15) is 0 Å². The van der Waals surface area contributed by atoms with Gasteiger partial charge in [0.15, 0.2) is 0 Å². The van der Waals surface area contributed by atoms with Gasteiger partial charge in [-0.15, -0.1) is 12.4 Å². The predicted molar refractivity (Wildman–Crippen MR) is 90.4 cm³/mol. The van der Waals surface area contributed by atoms with Gasteiger partial charge < -0.3 is 9.84 Å². The van der Waals surface area contributed by atoms with E-state index in [1.165, 1.54) is 0 Å². The largest absolute Gasteiger partial charge is 0.507 e. The fraction of sp³-hybridized carbons (Fsp3) is 0.389. The van der Waals surface area contributed by atoms with Crippen molar-refractivity contribution in [1.29, 1.82) is 0 Å². The van der Waals surface area contributed by atoms with Crippen LogP contribution in [-0.2, 0) is 0 Å². The van der Waals surface area contributed by atoms with Crippen LogP contribution in [-0.4, -0.2) is 15.7 Å². The number of phenols is 1. The van der Waals surface area contributed by atoms with Gasteiger partial charge in [0.05, 0.1) is 5.92 Å². The number of fused-ring (bicyclic) bond motifs is 1. The van der Waals surface area contributed by atoms with Crippen molar-refractivity contribution in [1.82, 2.24) is 4.98 Å². The van der Waals surface area contributed by atoms with Crippen LogP contribution >= 0.6 is 12.4 Å². The number of hydrogen-bond donors (Lipinski definition) is 1. The van der Waals surface area contributed by atoms with Crippen LogP contribution in [0.4, 0.5) is 0 Å². The summed E-state index contributed by atoms with van der Waals surface area (Å²) in [4.78, 5) is 4.24. The summed E-state index contributed by atoms with van der Waals surface area (Å²) in [5.74, 6) is 1.37. The summed E-state index contributed by atoms with van der Waals surface area (Å²) in [6, 6.07) is 4.02. The van der Waals surface area contributed by atoms with E-state index in [1.807, 2.05) is 33.0 Å². The number of pyridine rings is 1. The molecule has 1 unspecified atom stereocenters. The van der Waals surface area contributed by atoms with Crippen molar-refractivity contribution in [2.45, 2.75) is 46.1 Å². The molecule has 4 heteroatoms. The molecule has 1 atom stereocenters. The molecule has 118 valence electrons. The maximum absolute atomic E-state index is 10.4. The smallest absolute Gasteiger partial charge is 0.127 e. The zero-order valence-corrected chi connectivity index (χ0v) is 14.4. The first-order chi connectivity index (χ1) is 9.84. The summed E-state index contributed by atoms with van der Waals surface area (Å²) >= 11 is 0. The maximum Gasteiger partial charge on any atom is 0.127 e. The van der Waals surface area contributed by atoms with E-state index >= 15 is 0 Å². The van der Waals surface area contributed by atoms with Crippen molar-refractivity contribution >= 4 is 12.4 Å². The SMILES string of the molecule is Cc1c(C)c2c(c(C)c1O)C(c1cccnc1)C(C)(C)O2.Cl. The molecule has 0 spiro atoms. The van der Waals surface area contributed by atoms with Gasteiger partial charge >= 0.3 is 0 Å². The van der Waals surface area contributed by atoms with Crippen molar-refractivity contribution in [2.75, 3.05) is 0 Å². The van der Waals surface area contributed by atoms with Crippen LogP contribution in [0, 0.1) is 20.8 Å². The highest BCUT2D eigenvalue weighted by molar-refractivity contribution is 5.85. The van der Waals surface area contributed by atoms with E-state index in [0.717, 1.165) is 33.6 Å². The molecule has 0 amide bonds. The first kappa shape index (κ1) is 16.6. The number of phenolic OH excluding ortho intramolecular Hbond substituents is 1. The molecule has 0 fully saturated rings. The molecular formula is C18H22ClNO2. The number of nitrogens with zero attached hydrogens (tertiary/aromatic N) is 1. The van der Waals surface area contributed by atoms with Gasteiger partial charge in [-0.3, -0.25) is 4.98 Å². The third-order valence-corrected chi connectivity index (χ3v) is 4.63. The lowest BCUT2D eigenvalue weighted by Gasteiger charge is -2.27. The Bertz CT molecular complexity index is 711. The van der Waals surface area contributed by atoms with E-state index in [2.05, 4.69) is 24.9 Å². The number of aromatic nitrogens is 1.